The molecule has 0 spiro atoms. The predicted octanol–water partition coefficient (Wildman–Crippen LogP) is 1.73. The van der Waals surface area contributed by atoms with Crippen LogP contribution in [0.2, 0.25) is 0 Å². The number of hydrogen-bond acceptors (Lipinski definition) is 4. The molecule has 0 aromatic heterocycles. The van der Waals surface area contributed by atoms with Crippen LogP contribution in [-0.2, 0) is 9.59 Å². The molecule has 2 fully saturated rings. The zero-order chi connectivity index (χ0) is 20.6. The molecule has 8 nitrogen and oxygen atoms in total. The van der Waals surface area contributed by atoms with Crippen LogP contribution in [0.5, 0.6) is 0 Å². The Labute approximate surface area is 179 Å². The van der Waals surface area contributed by atoms with Crippen LogP contribution < -0.4 is 10.6 Å². The minimum absolute atomic E-state index is 0.0244. The quantitative estimate of drug-likeness (QED) is 0.669. The molecule has 2 saturated heterocycles. The Balaban J connectivity index is 1.37. The summed E-state index contributed by atoms with van der Waals surface area (Å²) in [6, 6.07) is 6.93. The Hall–Kier alpha value is -2.13. The third kappa shape index (κ3) is 6.71. The van der Waals surface area contributed by atoms with Gasteiger partial charge >= 0.3 is 6.03 Å². The zero-order valence-corrected chi connectivity index (χ0v) is 18.1. The van der Waals surface area contributed by atoms with Crippen molar-refractivity contribution < 1.29 is 14.4 Å². The third-order valence-electron chi connectivity index (χ3n) is 5.23. The number of likely N-dealkylation sites (tertiary alicyclic amines) is 1. The van der Waals surface area contributed by atoms with Gasteiger partial charge in [-0.1, -0.05) is 22.4 Å². The molecule has 0 atom stereocenters. The van der Waals surface area contributed by atoms with Crippen LogP contribution in [0.3, 0.4) is 0 Å². The van der Waals surface area contributed by atoms with Crippen LogP contribution in [-0.4, -0.2) is 84.9 Å². The number of amides is 4. The first-order valence-corrected chi connectivity index (χ1v) is 10.9. The Morgan fingerprint density at radius 2 is 1.72 bits per heavy atom. The fourth-order valence-electron chi connectivity index (χ4n) is 3.55. The van der Waals surface area contributed by atoms with Crippen molar-refractivity contribution in [2.75, 3.05) is 57.7 Å². The number of piperidine rings is 1. The van der Waals surface area contributed by atoms with Gasteiger partial charge in [-0.15, -0.1) is 0 Å². The third-order valence-corrected chi connectivity index (χ3v) is 5.76. The number of rotatable bonds is 6. The van der Waals surface area contributed by atoms with Crippen molar-refractivity contribution in [2.45, 2.75) is 19.3 Å². The van der Waals surface area contributed by atoms with Crippen molar-refractivity contribution in [1.29, 1.82) is 0 Å². The number of carbonyl (C=O) groups excluding carboxylic acids is 3. The Morgan fingerprint density at radius 3 is 2.41 bits per heavy atom. The minimum Gasteiger partial charge on any atom is -0.353 e. The molecule has 9 heteroatoms. The molecule has 158 valence electrons. The van der Waals surface area contributed by atoms with E-state index in [2.05, 4.69) is 31.5 Å². The first-order chi connectivity index (χ1) is 14.0. The van der Waals surface area contributed by atoms with Gasteiger partial charge in [-0.25, -0.2) is 4.79 Å². The second-order valence-electron chi connectivity index (χ2n) is 7.43. The van der Waals surface area contributed by atoms with Gasteiger partial charge in [-0.2, -0.15) is 0 Å². The fraction of sp³-hybridized carbons (Fsp3) is 0.550. The summed E-state index contributed by atoms with van der Waals surface area (Å²) >= 11 is 3.35. The molecule has 29 heavy (non-hydrogen) atoms. The molecule has 1 aromatic rings. The lowest BCUT2D eigenvalue weighted by Gasteiger charge is -2.34. The van der Waals surface area contributed by atoms with Gasteiger partial charge < -0.3 is 25.3 Å². The van der Waals surface area contributed by atoms with E-state index in [1.54, 1.807) is 12.1 Å². The lowest BCUT2D eigenvalue weighted by molar-refractivity contribution is -0.139. The van der Waals surface area contributed by atoms with E-state index in [4.69, 9.17) is 0 Å². The van der Waals surface area contributed by atoms with Crippen LogP contribution >= 0.6 is 15.9 Å². The maximum atomic E-state index is 12.4. The van der Waals surface area contributed by atoms with Gasteiger partial charge in [0.15, 0.2) is 0 Å². The van der Waals surface area contributed by atoms with Crippen LogP contribution in [0.25, 0.3) is 0 Å². The average Bonchev–Trinajstić information content (AvgIpc) is 2.72. The van der Waals surface area contributed by atoms with Gasteiger partial charge in [-0.3, -0.25) is 9.59 Å². The Bertz CT molecular complexity index is 721. The van der Waals surface area contributed by atoms with Crippen molar-refractivity contribution in [3.8, 4) is 0 Å². The van der Waals surface area contributed by atoms with E-state index < -0.39 is 0 Å². The van der Waals surface area contributed by atoms with Crippen LogP contribution in [0.1, 0.15) is 19.3 Å². The maximum absolute atomic E-state index is 12.4. The zero-order valence-electron chi connectivity index (χ0n) is 16.5. The van der Waals surface area contributed by atoms with Gasteiger partial charge in [0, 0.05) is 36.3 Å². The summed E-state index contributed by atoms with van der Waals surface area (Å²) in [7, 11) is 0. The SMILES string of the molecule is O=C(CN1CCN(C(=O)Nc2ccc(Br)cc2)CC1=O)NCCN1CCCCC1. The van der Waals surface area contributed by atoms with Crippen molar-refractivity contribution in [1.82, 2.24) is 20.0 Å². The Morgan fingerprint density at radius 1 is 1.00 bits per heavy atom. The summed E-state index contributed by atoms with van der Waals surface area (Å²) in [5, 5.41) is 5.68. The van der Waals surface area contributed by atoms with E-state index in [0.717, 1.165) is 24.1 Å². The van der Waals surface area contributed by atoms with Crippen LogP contribution in [0.15, 0.2) is 28.7 Å². The summed E-state index contributed by atoms with van der Waals surface area (Å²) in [5.74, 6) is -0.364. The van der Waals surface area contributed by atoms with Gasteiger partial charge in [0.1, 0.15) is 6.54 Å². The number of benzene rings is 1. The molecule has 0 bridgehead atoms. The number of piperazine rings is 1. The predicted molar refractivity (Wildman–Crippen MR) is 115 cm³/mol. The average molecular weight is 466 g/mol. The number of anilines is 1. The largest absolute Gasteiger partial charge is 0.353 e. The highest BCUT2D eigenvalue weighted by Crippen LogP contribution is 2.15. The first kappa shape index (κ1) is 21.6. The standard InChI is InChI=1S/C20H28BrN5O3/c21-16-4-6-17(7-5-16)23-20(29)26-13-12-25(19(28)15-26)14-18(27)22-8-11-24-9-2-1-3-10-24/h4-7H,1-3,8-15H2,(H,22,27)(H,23,29). The summed E-state index contributed by atoms with van der Waals surface area (Å²) in [4.78, 5) is 42.2. The van der Waals surface area contributed by atoms with Gasteiger partial charge in [0.05, 0.1) is 6.54 Å². The summed E-state index contributed by atoms with van der Waals surface area (Å²) in [5.41, 5.74) is 0.668. The van der Waals surface area contributed by atoms with Crippen molar-refractivity contribution in [2.24, 2.45) is 0 Å². The van der Waals surface area contributed by atoms with Crippen molar-refractivity contribution in [3.63, 3.8) is 0 Å². The van der Waals surface area contributed by atoms with Gasteiger partial charge in [-0.05, 0) is 50.2 Å². The second kappa shape index (κ2) is 10.6. The number of urea groups is 1. The first-order valence-electron chi connectivity index (χ1n) is 10.1. The van der Waals surface area contributed by atoms with E-state index >= 15 is 0 Å². The molecular weight excluding hydrogens is 438 g/mol. The fourth-order valence-corrected chi connectivity index (χ4v) is 3.81. The van der Waals surface area contributed by atoms with E-state index in [0.29, 0.717) is 25.3 Å². The minimum atomic E-state index is -0.314. The monoisotopic (exact) mass is 465 g/mol. The number of nitrogens with one attached hydrogen (secondary N) is 2. The van der Waals surface area contributed by atoms with Crippen LogP contribution in [0.4, 0.5) is 10.5 Å². The molecule has 2 aliphatic rings. The molecule has 4 amide bonds. The van der Waals surface area contributed by atoms with E-state index in [1.807, 2.05) is 12.1 Å². The van der Waals surface area contributed by atoms with Gasteiger partial charge in [0.2, 0.25) is 11.8 Å². The molecule has 1 aromatic carbocycles. The molecule has 0 saturated carbocycles. The summed E-state index contributed by atoms with van der Waals surface area (Å²) in [6.45, 7) is 4.41. The smallest absolute Gasteiger partial charge is 0.322 e. The molecule has 2 aliphatic heterocycles. The molecular formula is C20H28BrN5O3. The molecule has 0 aliphatic carbocycles. The topological polar surface area (TPSA) is 85.0 Å². The molecule has 0 unspecified atom stereocenters. The number of carbonyl (C=O) groups is 3. The Kier molecular flexibility index (Phi) is 7.88. The molecule has 0 radical (unpaired) electrons. The number of hydrogen-bond donors (Lipinski definition) is 2. The van der Waals surface area contributed by atoms with Crippen molar-refractivity contribution in [3.05, 3.63) is 28.7 Å². The van der Waals surface area contributed by atoms with Gasteiger partial charge in [0.25, 0.3) is 0 Å². The number of nitrogens with zero attached hydrogens (tertiary/aromatic N) is 3. The molecule has 2 N–H and O–H groups in total. The normalized spacial score (nSPS) is 17.9. The summed E-state index contributed by atoms with van der Waals surface area (Å²) in [6.07, 6.45) is 3.74. The molecule has 2 heterocycles. The number of halogens is 1. The van der Waals surface area contributed by atoms with E-state index in [1.165, 1.54) is 29.1 Å². The highest BCUT2D eigenvalue weighted by Gasteiger charge is 2.28. The van der Waals surface area contributed by atoms with Crippen LogP contribution in [0, 0.1) is 0 Å². The maximum Gasteiger partial charge on any atom is 0.322 e. The molecule has 3 rings (SSSR count). The lowest BCUT2D eigenvalue weighted by Crippen LogP contribution is -2.55. The van der Waals surface area contributed by atoms with Crippen molar-refractivity contribution >= 4 is 39.5 Å². The van der Waals surface area contributed by atoms with E-state index in [9.17, 15) is 14.4 Å². The van der Waals surface area contributed by atoms with E-state index in [-0.39, 0.29) is 30.9 Å². The lowest BCUT2D eigenvalue weighted by atomic mass is 10.1. The highest BCUT2D eigenvalue weighted by atomic mass is 79.9. The second-order valence-corrected chi connectivity index (χ2v) is 8.34. The highest BCUT2D eigenvalue weighted by molar-refractivity contribution is 9.10. The summed E-state index contributed by atoms with van der Waals surface area (Å²) < 4.78 is 0.925.